The Morgan fingerprint density at radius 3 is 2.38 bits per heavy atom. The molecule has 6 nitrogen and oxygen atoms in total. The summed E-state index contributed by atoms with van der Waals surface area (Å²) in [6.45, 7) is 2.93. The Morgan fingerprint density at radius 1 is 1.19 bits per heavy atom. The van der Waals surface area contributed by atoms with E-state index in [-0.39, 0.29) is 6.61 Å². The van der Waals surface area contributed by atoms with Crippen LogP contribution in [0.2, 0.25) is 5.02 Å². The molecule has 1 fully saturated rings. The summed E-state index contributed by atoms with van der Waals surface area (Å²) in [5, 5.41) is 12.6. The number of halogens is 1. The van der Waals surface area contributed by atoms with Crippen LogP contribution < -0.4 is 10.1 Å². The molecule has 1 aromatic rings. The summed E-state index contributed by atoms with van der Waals surface area (Å²) in [6.07, 6.45) is 4.13. The van der Waals surface area contributed by atoms with Crippen LogP contribution >= 0.6 is 11.6 Å². The first-order valence-electron chi connectivity index (χ1n) is 8.63. The van der Waals surface area contributed by atoms with Crippen molar-refractivity contribution in [3.8, 4) is 11.8 Å². The van der Waals surface area contributed by atoms with Crippen molar-refractivity contribution in [1.29, 1.82) is 5.26 Å². The van der Waals surface area contributed by atoms with Crippen LogP contribution in [0.3, 0.4) is 0 Å². The lowest BCUT2D eigenvalue weighted by atomic mass is 9.83. The van der Waals surface area contributed by atoms with Gasteiger partial charge in [0.1, 0.15) is 11.3 Å². The molecule has 0 bridgehead atoms. The lowest BCUT2D eigenvalue weighted by Gasteiger charge is -2.31. The molecule has 0 atom stereocenters. The molecule has 0 heterocycles. The Hall–Kier alpha value is -2.26. The minimum atomic E-state index is -0.838. The number of hydrogen-bond acceptors (Lipinski definition) is 5. The SMILES string of the molecule is Cc1cc(Cl)cc(C)c1OCC(=O)OCC(=O)NC1(C#N)CCCCC1. The first kappa shape index (κ1) is 20.1. The van der Waals surface area contributed by atoms with E-state index in [0.717, 1.165) is 30.4 Å². The van der Waals surface area contributed by atoms with E-state index in [9.17, 15) is 14.9 Å². The first-order chi connectivity index (χ1) is 12.3. The van der Waals surface area contributed by atoms with E-state index in [4.69, 9.17) is 21.1 Å². The summed E-state index contributed by atoms with van der Waals surface area (Å²) >= 11 is 5.96. The van der Waals surface area contributed by atoms with Gasteiger partial charge in [0.25, 0.3) is 5.91 Å². The molecule has 140 valence electrons. The van der Waals surface area contributed by atoms with Crippen LogP contribution in [0.25, 0.3) is 0 Å². The van der Waals surface area contributed by atoms with Crippen molar-refractivity contribution >= 4 is 23.5 Å². The second kappa shape index (κ2) is 8.91. The normalized spacial score (nSPS) is 15.6. The topological polar surface area (TPSA) is 88.4 Å². The van der Waals surface area contributed by atoms with Gasteiger partial charge in [-0.2, -0.15) is 5.26 Å². The van der Waals surface area contributed by atoms with Crippen LogP contribution in [0.15, 0.2) is 12.1 Å². The first-order valence-corrected chi connectivity index (χ1v) is 9.00. The van der Waals surface area contributed by atoms with Gasteiger partial charge in [0, 0.05) is 5.02 Å². The van der Waals surface area contributed by atoms with Crippen molar-refractivity contribution in [2.45, 2.75) is 51.5 Å². The lowest BCUT2D eigenvalue weighted by Crippen LogP contribution is -2.50. The van der Waals surface area contributed by atoms with Gasteiger partial charge in [0.05, 0.1) is 6.07 Å². The van der Waals surface area contributed by atoms with Gasteiger partial charge in [-0.05, 0) is 49.9 Å². The molecule has 1 aliphatic carbocycles. The number of benzene rings is 1. The summed E-state index contributed by atoms with van der Waals surface area (Å²) in [6, 6.07) is 5.68. The highest BCUT2D eigenvalue weighted by Gasteiger charge is 2.33. The quantitative estimate of drug-likeness (QED) is 0.768. The smallest absolute Gasteiger partial charge is 0.344 e. The fourth-order valence-electron chi connectivity index (χ4n) is 3.17. The second-order valence-corrected chi connectivity index (χ2v) is 7.06. The molecule has 7 heteroatoms. The van der Waals surface area contributed by atoms with Crippen LogP contribution in [-0.2, 0) is 14.3 Å². The molecule has 1 saturated carbocycles. The Labute approximate surface area is 158 Å². The van der Waals surface area contributed by atoms with Crippen molar-refractivity contribution < 1.29 is 19.1 Å². The molecular formula is C19H23ClN2O4. The molecule has 0 saturated heterocycles. The zero-order chi connectivity index (χ0) is 19.2. The van der Waals surface area contributed by atoms with Crippen molar-refractivity contribution in [3.05, 3.63) is 28.3 Å². The Bertz CT molecular complexity index is 698. The van der Waals surface area contributed by atoms with Gasteiger partial charge in [-0.3, -0.25) is 4.79 Å². The standard InChI is InChI=1S/C19H23ClN2O4/c1-13-8-15(20)9-14(2)18(13)26-11-17(24)25-10-16(23)22-19(12-21)6-4-3-5-7-19/h8-9H,3-7,10-11H2,1-2H3,(H,22,23). The Kier molecular flexibility index (Phi) is 6.87. The Balaban J connectivity index is 1.80. The van der Waals surface area contributed by atoms with Crippen LogP contribution in [-0.4, -0.2) is 30.6 Å². The van der Waals surface area contributed by atoms with E-state index in [0.29, 0.717) is 23.6 Å². The maximum absolute atomic E-state index is 12.0. The molecule has 1 N–H and O–H groups in total. The van der Waals surface area contributed by atoms with E-state index in [1.54, 1.807) is 12.1 Å². The number of rotatable bonds is 6. The van der Waals surface area contributed by atoms with Crippen molar-refractivity contribution in [3.63, 3.8) is 0 Å². The number of esters is 1. The second-order valence-electron chi connectivity index (χ2n) is 6.62. The molecule has 1 amide bonds. The third-order valence-corrected chi connectivity index (χ3v) is 4.64. The van der Waals surface area contributed by atoms with Gasteiger partial charge in [0.2, 0.25) is 0 Å². The number of nitriles is 1. The molecule has 0 aromatic heterocycles. The number of carbonyl (C=O) groups excluding carboxylic acids is 2. The van der Waals surface area contributed by atoms with Gasteiger partial charge >= 0.3 is 5.97 Å². The minimum Gasteiger partial charge on any atom is -0.481 e. The number of carbonyl (C=O) groups is 2. The third-order valence-electron chi connectivity index (χ3n) is 4.42. The summed E-state index contributed by atoms with van der Waals surface area (Å²) in [4.78, 5) is 23.8. The van der Waals surface area contributed by atoms with E-state index in [1.807, 2.05) is 13.8 Å². The molecule has 1 aliphatic rings. The van der Waals surface area contributed by atoms with Crippen LogP contribution in [0, 0.1) is 25.2 Å². The summed E-state index contributed by atoms with van der Waals surface area (Å²) in [5.41, 5.74) is 0.790. The van der Waals surface area contributed by atoms with Crippen LogP contribution in [0.4, 0.5) is 0 Å². The number of hydrogen-bond donors (Lipinski definition) is 1. The fraction of sp³-hybridized carbons (Fsp3) is 0.526. The van der Waals surface area contributed by atoms with Gasteiger partial charge in [-0.15, -0.1) is 0 Å². The minimum absolute atomic E-state index is 0.306. The van der Waals surface area contributed by atoms with E-state index < -0.39 is 24.0 Å². The third kappa shape index (κ3) is 5.37. The number of aryl methyl sites for hydroxylation is 2. The van der Waals surface area contributed by atoms with Gasteiger partial charge in [-0.1, -0.05) is 30.9 Å². The zero-order valence-electron chi connectivity index (χ0n) is 15.1. The van der Waals surface area contributed by atoms with E-state index >= 15 is 0 Å². The predicted molar refractivity (Wildman–Crippen MR) is 97.0 cm³/mol. The van der Waals surface area contributed by atoms with Crippen molar-refractivity contribution in [1.82, 2.24) is 5.32 Å². The van der Waals surface area contributed by atoms with Crippen LogP contribution in [0.5, 0.6) is 5.75 Å². The lowest BCUT2D eigenvalue weighted by molar-refractivity contribution is -0.150. The largest absolute Gasteiger partial charge is 0.481 e. The van der Waals surface area contributed by atoms with Crippen molar-refractivity contribution in [2.24, 2.45) is 0 Å². The van der Waals surface area contributed by atoms with Gasteiger partial charge < -0.3 is 14.8 Å². The number of nitrogens with one attached hydrogen (secondary N) is 1. The predicted octanol–water partition coefficient (Wildman–Crippen LogP) is 3.22. The maximum atomic E-state index is 12.0. The average molecular weight is 379 g/mol. The highest BCUT2D eigenvalue weighted by molar-refractivity contribution is 6.30. The zero-order valence-corrected chi connectivity index (χ0v) is 15.8. The molecule has 2 rings (SSSR count). The number of ether oxygens (including phenoxy) is 2. The number of nitrogens with zero attached hydrogens (tertiary/aromatic N) is 1. The van der Waals surface area contributed by atoms with Gasteiger partial charge in [0.15, 0.2) is 13.2 Å². The molecule has 26 heavy (non-hydrogen) atoms. The van der Waals surface area contributed by atoms with Crippen molar-refractivity contribution in [2.75, 3.05) is 13.2 Å². The highest BCUT2D eigenvalue weighted by Crippen LogP contribution is 2.28. The van der Waals surface area contributed by atoms with E-state index in [2.05, 4.69) is 11.4 Å². The molecule has 0 radical (unpaired) electrons. The summed E-state index contributed by atoms with van der Waals surface area (Å²) in [7, 11) is 0. The monoisotopic (exact) mass is 378 g/mol. The van der Waals surface area contributed by atoms with E-state index in [1.165, 1.54) is 0 Å². The molecule has 0 aliphatic heterocycles. The molecule has 1 aromatic carbocycles. The fourth-order valence-corrected chi connectivity index (χ4v) is 3.49. The molecular weight excluding hydrogens is 356 g/mol. The summed E-state index contributed by atoms with van der Waals surface area (Å²) in [5.74, 6) is -0.550. The Morgan fingerprint density at radius 2 is 1.81 bits per heavy atom. The average Bonchev–Trinajstić information content (AvgIpc) is 2.60. The maximum Gasteiger partial charge on any atom is 0.344 e. The molecule has 0 unspecified atom stereocenters. The van der Waals surface area contributed by atoms with Crippen LogP contribution in [0.1, 0.15) is 43.2 Å². The molecule has 0 spiro atoms. The summed E-state index contributed by atoms with van der Waals surface area (Å²) < 4.78 is 10.4. The highest BCUT2D eigenvalue weighted by atomic mass is 35.5. The number of amides is 1. The van der Waals surface area contributed by atoms with Gasteiger partial charge in [-0.25, -0.2) is 4.79 Å².